The molecule has 5 rings (SSSR count). The summed E-state index contributed by atoms with van der Waals surface area (Å²) in [6.07, 6.45) is 0. The lowest BCUT2D eigenvalue weighted by Crippen LogP contribution is -2.29. The number of esters is 1. The fraction of sp³-hybridized carbons (Fsp3) is 0.194. The van der Waals surface area contributed by atoms with E-state index in [0.29, 0.717) is 57.3 Å². The Morgan fingerprint density at radius 1 is 1.00 bits per heavy atom. The third kappa shape index (κ3) is 4.20. The van der Waals surface area contributed by atoms with Gasteiger partial charge >= 0.3 is 5.97 Å². The van der Waals surface area contributed by atoms with Crippen LogP contribution in [0.1, 0.15) is 52.4 Å². The van der Waals surface area contributed by atoms with Crippen LogP contribution in [0.3, 0.4) is 0 Å². The molecule has 7 nitrogen and oxygen atoms in total. The van der Waals surface area contributed by atoms with Crippen molar-refractivity contribution in [3.05, 3.63) is 111 Å². The number of methoxy groups -OCH3 is 1. The van der Waals surface area contributed by atoms with E-state index in [9.17, 15) is 14.9 Å². The number of dihydropyridines is 1. The molecule has 1 heterocycles. The second-order valence-corrected chi connectivity index (χ2v) is 8.95. The predicted octanol–water partition coefficient (Wildman–Crippen LogP) is 5.28. The maximum Gasteiger partial charge on any atom is 0.336 e. The second kappa shape index (κ2) is 10.3. The number of allylic oxidation sites excluding steroid dienone is 2. The number of carbonyl (C=O) groups excluding carboxylic acids is 2. The van der Waals surface area contributed by atoms with Crippen LogP contribution in [0.4, 0.5) is 0 Å². The molecule has 0 spiro atoms. The van der Waals surface area contributed by atoms with Gasteiger partial charge in [0.2, 0.25) is 0 Å². The minimum absolute atomic E-state index is 0.131. The molecule has 0 amide bonds. The monoisotopic (exact) mass is 506 g/mol. The molecule has 2 aliphatic rings. The van der Waals surface area contributed by atoms with Crippen LogP contribution >= 0.6 is 0 Å². The molecule has 190 valence electrons. The highest BCUT2D eigenvalue weighted by molar-refractivity contribution is 6.23. The highest BCUT2D eigenvalue weighted by Gasteiger charge is 2.43. The fourth-order valence-corrected chi connectivity index (χ4v) is 5.05. The average molecular weight is 507 g/mol. The normalized spacial score (nSPS) is 15.8. The lowest BCUT2D eigenvalue weighted by Gasteiger charge is -2.29. The summed E-state index contributed by atoms with van der Waals surface area (Å²) in [7, 11) is 1.33. The number of hydrogen-bond donors (Lipinski definition) is 1. The van der Waals surface area contributed by atoms with E-state index >= 15 is 0 Å². The predicted molar refractivity (Wildman–Crippen MR) is 141 cm³/mol. The third-order valence-electron chi connectivity index (χ3n) is 6.78. The van der Waals surface area contributed by atoms with E-state index < -0.39 is 11.9 Å². The van der Waals surface area contributed by atoms with Gasteiger partial charge in [-0.3, -0.25) is 4.79 Å². The molecule has 1 aliphatic carbocycles. The smallest absolute Gasteiger partial charge is 0.336 e. The molecule has 0 saturated heterocycles. The zero-order valence-corrected chi connectivity index (χ0v) is 21.3. The first-order valence-corrected chi connectivity index (χ1v) is 12.3. The first kappa shape index (κ1) is 24.8. The van der Waals surface area contributed by atoms with E-state index in [1.54, 1.807) is 24.3 Å². The minimum atomic E-state index is -0.661. The molecule has 38 heavy (non-hydrogen) atoms. The molecule has 0 saturated carbocycles. The summed E-state index contributed by atoms with van der Waals surface area (Å²) in [5.41, 5.74) is 5.59. The molecular weight excluding hydrogens is 480 g/mol. The third-order valence-corrected chi connectivity index (χ3v) is 6.78. The van der Waals surface area contributed by atoms with Crippen LogP contribution in [0.15, 0.2) is 83.6 Å². The van der Waals surface area contributed by atoms with Crippen LogP contribution in [-0.4, -0.2) is 25.5 Å². The van der Waals surface area contributed by atoms with Gasteiger partial charge in [0.25, 0.3) is 0 Å². The van der Waals surface area contributed by atoms with Crippen molar-refractivity contribution in [1.82, 2.24) is 5.32 Å². The number of nitrogens with zero attached hydrogens (tertiary/aromatic N) is 1. The quantitative estimate of drug-likeness (QED) is 0.436. The summed E-state index contributed by atoms with van der Waals surface area (Å²) in [4.78, 5) is 26.6. The van der Waals surface area contributed by atoms with Crippen LogP contribution in [0, 0.1) is 11.3 Å². The van der Waals surface area contributed by atoms with Gasteiger partial charge in [0.1, 0.15) is 6.61 Å². The Balaban J connectivity index is 1.58. The molecule has 3 aromatic rings. The first-order valence-electron chi connectivity index (χ1n) is 12.3. The molecule has 0 unspecified atom stereocenters. The van der Waals surface area contributed by atoms with E-state index in [1.165, 1.54) is 7.11 Å². The maximum absolute atomic E-state index is 13.6. The molecule has 1 atom stereocenters. The van der Waals surface area contributed by atoms with Crippen molar-refractivity contribution in [2.24, 2.45) is 0 Å². The van der Waals surface area contributed by atoms with Crippen LogP contribution in [0.5, 0.6) is 11.5 Å². The summed E-state index contributed by atoms with van der Waals surface area (Å²) in [6, 6.07) is 22.3. The number of Topliss-reactive ketones (excluding diaryl/α,β-unsaturated/α-hetero) is 1. The molecular formula is C31H26N2O5. The largest absolute Gasteiger partial charge is 0.490 e. The number of carbonyl (C=O) groups is 2. The molecule has 0 aromatic heterocycles. The van der Waals surface area contributed by atoms with Gasteiger partial charge in [-0.05, 0) is 37.6 Å². The van der Waals surface area contributed by atoms with E-state index in [-0.39, 0.29) is 12.4 Å². The van der Waals surface area contributed by atoms with Gasteiger partial charge in [-0.25, -0.2) is 4.79 Å². The van der Waals surface area contributed by atoms with Crippen LogP contribution in [0.25, 0.3) is 5.70 Å². The average Bonchev–Trinajstić information content (AvgIpc) is 3.22. The molecule has 3 aromatic carbocycles. The van der Waals surface area contributed by atoms with Crippen molar-refractivity contribution in [3.8, 4) is 17.6 Å². The van der Waals surface area contributed by atoms with E-state index in [0.717, 1.165) is 11.1 Å². The second-order valence-electron chi connectivity index (χ2n) is 8.95. The Morgan fingerprint density at radius 2 is 1.74 bits per heavy atom. The van der Waals surface area contributed by atoms with Crippen molar-refractivity contribution in [1.29, 1.82) is 5.26 Å². The zero-order valence-electron chi connectivity index (χ0n) is 21.3. The molecule has 0 fully saturated rings. The number of nitrogens with one attached hydrogen (secondary N) is 1. The number of hydrogen-bond acceptors (Lipinski definition) is 7. The highest BCUT2D eigenvalue weighted by atomic mass is 16.5. The number of fused-ring (bicyclic) bond motifs is 2. The fourth-order valence-electron chi connectivity index (χ4n) is 5.05. The minimum Gasteiger partial charge on any atom is -0.490 e. The van der Waals surface area contributed by atoms with Crippen molar-refractivity contribution in [3.63, 3.8) is 0 Å². The number of nitriles is 1. The lowest BCUT2D eigenvalue weighted by molar-refractivity contribution is -0.136. The summed E-state index contributed by atoms with van der Waals surface area (Å²) >= 11 is 0. The Bertz CT molecular complexity index is 1560. The maximum atomic E-state index is 13.6. The zero-order chi connectivity index (χ0) is 26.8. The van der Waals surface area contributed by atoms with Crippen LogP contribution in [0.2, 0.25) is 0 Å². The lowest BCUT2D eigenvalue weighted by atomic mass is 9.79. The number of ketones is 1. The van der Waals surface area contributed by atoms with Crippen LogP contribution in [-0.2, 0) is 16.1 Å². The summed E-state index contributed by atoms with van der Waals surface area (Å²) in [5.74, 6) is -0.334. The summed E-state index contributed by atoms with van der Waals surface area (Å²) < 4.78 is 17.1. The number of benzene rings is 3. The number of ether oxygens (including phenoxy) is 3. The molecule has 1 N–H and O–H groups in total. The highest BCUT2D eigenvalue weighted by Crippen LogP contribution is 2.48. The van der Waals surface area contributed by atoms with Gasteiger partial charge in [0.05, 0.1) is 36.6 Å². The van der Waals surface area contributed by atoms with Crippen molar-refractivity contribution in [2.75, 3.05) is 13.7 Å². The summed E-state index contributed by atoms with van der Waals surface area (Å²) in [5, 5.41) is 12.7. The first-order chi connectivity index (χ1) is 18.5. The Kier molecular flexibility index (Phi) is 6.71. The molecule has 1 aliphatic heterocycles. The van der Waals surface area contributed by atoms with Gasteiger partial charge in [0.15, 0.2) is 17.3 Å². The van der Waals surface area contributed by atoms with Gasteiger partial charge in [-0.15, -0.1) is 0 Å². The Morgan fingerprint density at radius 3 is 2.47 bits per heavy atom. The number of rotatable bonds is 7. The molecule has 0 bridgehead atoms. The van der Waals surface area contributed by atoms with E-state index in [2.05, 4.69) is 11.4 Å². The molecule has 0 radical (unpaired) electrons. The summed E-state index contributed by atoms with van der Waals surface area (Å²) in [6.45, 7) is 4.25. The standard InChI is InChI=1S/C31H26N2O5/c1-4-37-25-15-19(13-14-24(25)38-17-21-10-6-5-9-20(21)16-32)27-26(31(35)36-3)18(2)33-29-22-11-7-8-12-23(22)30(34)28(27)29/h5-15,27,33H,4,17H2,1-3H3/t27-/m1/s1. The van der Waals surface area contributed by atoms with Gasteiger partial charge in [-0.1, -0.05) is 48.5 Å². The van der Waals surface area contributed by atoms with Gasteiger partial charge in [-0.2, -0.15) is 5.26 Å². The Hall–Kier alpha value is -4.83. The van der Waals surface area contributed by atoms with Crippen molar-refractivity contribution < 1.29 is 23.8 Å². The van der Waals surface area contributed by atoms with Gasteiger partial charge in [0, 0.05) is 33.9 Å². The topological polar surface area (TPSA) is 97.7 Å². The van der Waals surface area contributed by atoms with E-state index in [4.69, 9.17) is 14.2 Å². The molecule has 7 heteroatoms. The van der Waals surface area contributed by atoms with Crippen molar-refractivity contribution >= 4 is 17.4 Å². The Labute approximate surface area is 221 Å². The van der Waals surface area contributed by atoms with E-state index in [1.807, 2.05) is 56.3 Å². The SMILES string of the molecule is CCOc1cc([C@@H]2C(C(=O)OC)=C(C)NC3=C2C(=O)c2ccccc23)ccc1OCc1ccccc1C#N. The van der Waals surface area contributed by atoms with Crippen LogP contribution < -0.4 is 14.8 Å². The van der Waals surface area contributed by atoms with Gasteiger partial charge < -0.3 is 19.5 Å². The van der Waals surface area contributed by atoms with Crippen molar-refractivity contribution in [2.45, 2.75) is 26.4 Å².